The van der Waals surface area contributed by atoms with Crippen molar-refractivity contribution >= 4 is 17.5 Å². The maximum Gasteiger partial charge on any atom is 0.387 e. The number of para-hydroxylation sites is 1. The van der Waals surface area contributed by atoms with Crippen molar-refractivity contribution in [2.45, 2.75) is 19.5 Å². The summed E-state index contributed by atoms with van der Waals surface area (Å²) in [5.41, 5.74) is 1.84. The van der Waals surface area contributed by atoms with Crippen LogP contribution in [-0.4, -0.2) is 56.0 Å². The Morgan fingerprint density at radius 2 is 1.63 bits per heavy atom. The lowest BCUT2D eigenvalue weighted by atomic mass is 10.1. The van der Waals surface area contributed by atoms with E-state index in [1.54, 1.807) is 12.1 Å². The first-order valence-corrected chi connectivity index (χ1v) is 9.89. The van der Waals surface area contributed by atoms with Crippen LogP contribution in [0.15, 0.2) is 54.6 Å². The number of amides is 2. The fourth-order valence-corrected chi connectivity index (χ4v) is 3.36. The Kier molecular flexibility index (Phi) is 7.59. The summed E-state index contributed by atoms with van der Waals surface area (Å²) in [6.45, 7) is 0.283. The molecule has 2 aromatic rings. The quantitative estimate of drug-likeness (QED) is 0.718. The number of alkyl halides is 2. The normalized spacial score (nSPS) is 14.0. The van der Waals surface area contributed by atoms with Crippen molar-refractivity contribution in [1.29, 1.82) is 0 Å². The van der Waals surface area contributed by atoms with Gasteiger partial charge in [-0.25, -0.2) is 0 Å². The minimum Gasteiger partial charge on any atom is -0.435 e. The van der Waals surface area contributed by atoms with E-state index in [0.717, 1.165) is 18.8 Å². The number of carbonyl (C=O) groups is 2. The molecule has 0 aliphatic carbocycles. The molecule has 0 bridgehead atoms. The van der Waals surface area contributed by atoms with Crippen molar-refractivity contribution in [2.24, 2.45) is 0 Å². The molecule has 8 heteroatoms. The number of benzene rings is 2. The molecular weight excluding hydrogens is 392 g/mol. The molecular formula is C22H25F2N3O3. The minimum absolute atomic E-state index is 0.0245. The number of rotatable bonds is 8. The molecule has 1 heterocycles. The predicted molar refractivity (Wildman–Crippen MR) is 110 cm³/mol. The Morgan fingerprint density at radius 1 is 0.967 bits per heavy atom. The summed E-state index contributed by atoms with van der Waals surface area (Å²) < 4.78 is 28.6. The second-order valence-corrected chi connectivity index (χ2v) is 7.00. The van der Waals surface area contributed by atoms with Crippen LogP contribution in [0.1, 0.15) is 12.0 Å². The van der Waals surface area contributed by atoms with Crippen LogP contribution < -0.4 is 15.0 Å². The highest BCUT2D eigenvalue weighted by molar-refractivity contribution is 5.80. The van der Waals surface area contributed by atoms with E-state index < -0.39 is 6.61 Å². The highest BCUT2D eigenvalue weighted by atomic mass is 19.3. The monoisotopic (exact) mass is 417 g/mol. The standard InChI is InChI=1S/C22H25F2N3O3/c23-22(24)30-19-8-6-17(7-9-19)16-20(28)25-11-10-21(29)27-14-12-26(13-15-27)18-4-2-1-3-5-18/h1-9,22H,10-16H2,(H,25,28). The molecule has 0 radical (unpaired) electrons. The molecule has 1 fully saturated rings. The van der Waals surface area contributed by atoms with Crippen molar-refractivity contribution in [1.82, 2.24) is 10.2 Å². The Hall–Kier alpha value is -3.16. The van der Waals surface area contributed by atoms with Crippen LogP contribution in [0.3, 0.4) is 0 Å². The number of hydrogen-bond acceptors (Lipinski definition) is 4. The van der Waals surface area contributed by atoms with Gasteiger partial charge in [0.15, 0.2) is 0 Å². The molecule has 0 saturated carbocycles. The molecule has 2 amide bonds. The van der Waals surface area contributed by atoms with Crippen LogP contribution in [0.5, 0.6) is 5.75 Å². The average molecular weight is 417 g/mol. The first-order chi connectivity index (χ1) is 14.5. The third-order valence-corrected chi connectivity index (χ3v) is 4.93. The van der Waals surface area contributed by atoms with Crippen LogP contribution in [0.4, 0.5) is 14.5 Å². The second kappa shape index (κ2) is 10.6. The number of nitrogens with one attached hydrogen (secondary N) is 1. The number of hydrogen-bond donors (Lipinski definition) is 1. The van der Waals surface area contributed by atoms with Gasteiger partial charge < -0.3 is 19.9 Å². The van der Waals surface area contributed by atoms with Gasteiger partial charge in [0.1, 0.15) is 5.75 Å². The molecule has 160 valence electrons. The summed E-state index contributed by atoms with van der Waals surface area (Å²) in [6.07, 6.45) is 0.358. The zero-order chi connectivity index (χ0) is 21.3. The van der Waals surface area contributed by atoms with E-state index >= 15 is 0 Å². The van der Waals surface area contributed by atoms with Crippen molar-refractivity contribution in [3.05, 3.63) is 60.2 Å². The van der Waals surface area contributed by atoms with E-state index in [9.17, 15) is 18.4 Å². The van der Waals surface area contributed by atoms with Crippen molar-refractivity contribution in [3.8, 4) is 5.75 Å². The number of halogens is 2. The highest BCUT2D eigenvalue weighted by Crippen LogP contribution is 2.16. The summed E-state index contributed by atoms with van der Waals surface area (Å²) in [5.74, 6) is -0.150. The predicted octanol–water partition coefficient (Wildman–Crippen LogP) is 2.69. The van der Waals surface area contributed by atoms with Gasteiger partial charge in [0.05, 0.1) is 6.42 Å². The van der Waals surface area contributed by atoms with E-state index in [1.165, 1.54) is 12.1 Å². The maximum atomic E-state index is 12.4. The summed E-state index contributed by atoms with van der Waals surface area (Å²) in [6, 6.07) is 16.0. The Balaban J connectivity index is 1.35. The van der Waals surface area contributed by atoms with Crippen LogP contribution in [-0.2, 0) is 16.0 Å². The zero-order valence-corrected chi connectivity index (χ0v) is 16.6. The van der Waals surface area contributed by atoms with Gasteiger partial charge in [0.2, 0.25) is 11.8 Å². The average Bonchev–Trinajstić information content (AvgIpc) is 2.75. The number of nitrogens with zero attached hydrogens (tertiary/aromatic N) is 2. The second-order valence-electron chi connectivity index (χ2n) is 7.00. The fourth-order valence-electron chi connectivity index (χ4n) is 3.36. The fraction of sp³-hybridized carbons (Fsp3) is 0.364. The summed E-state index contributed by atoms with van der Waals surface area (Å²) in [7, 11) is 0. The van der Waals surface area contributed by atoms with Crippen LogP contribution in [0.25, 0.3) is 0 Å². The molecule has 1 N–H and O–H groups in total. The van der Waals surface area contributed by atoms with Gasteiger partial charge in [-0.05, 0) is 29.8 Å². The van der Waals surface area contributed by atoms with Crippen molar-refractivity contribution in [3.63, 3.8) is 0 Å². The SMILES string of the molecule is O=C(Cc1ccc(OC(F)F)cc1)NCCC(=O)N1CCN(c2ccccc2)CC1. The Morgan fingerprint density at radius 3 is 2.27 bits per heavy atom. The van der Waals surface area contributed by atoms with Gasteiger partial charge in [0, 0.05) is 44.8 Å². The van der Waals surface area contributed by atoms with Gasteiger partial charge in [0.25, 0.3) is 0 Å². The molecule has 30 heavy (non-hydrogen) atoms. The molecule has 0 unspecified atom stereocenters. The molecule has 2 aromatic carbocycles. The lowest BCUT2D eigenvalue weighted by molar-refractivity contribution is -0.131. The Bertz CT molecular complexity index is 823. The lowest BCUT2D eigenvalue weighted by Gasteiger charge is -2.36. The number of piperazine rings is 1. The van der Waals surface area contributed by atoms with E-state index in [2.05, 4.69) is 27.1 Å². The maximum absolute atomic E-state index is 12.4. The molecule has 1 aliphatic heterocycles. The zero-order valence-electron chi connectivity index (χ0n) is 16.6. The third kappa shape index (κ3) is 6.43. The molecule has 1 aliphatic rings. The first kappa shape index (κ1) is 21.5. The minimum atomic E-state index is -2.88. The van der Waals surface area contributed by atoms with E-state index in [4.69, 9.17) is 0 Å². The molecule has 6 nitrogen and oxygen atoms in total. The lowest BCUT2D eigenvalue weighted by Crippen LogP contribution is -2.49. The molecule has 3 rings (SSSR count). The van der Waals surface area contributed by atoms with E-state index in [-0.39, 0.29) is 37.0 Å². The summed E-state index contributed by atoms with van der Waals surface area (Å²) in [5, 5.41) is 2.73. The van der Waals surface area contributed by atoms with Gasteiger partial charge in [-0.2, -0.15) is 8.78 Å². The van der Waals surface area contributed by atoms with E-state index in [1.807, 2.05) is 23.1 Å². The third-order valence-electron chi connectivity index (χ3n) is 4.93. The van der Waals surface area contributed by atoms with Gasteiger partial charge in [-0.15, -0.1) is 0 Å². The van der Waals surface area contributed by atoms with Gasteiger partial charge in [-0.1, -0.05) is 30.3 Å². The topological polar surface area (TPSA) is 61.9 Å². The number of ether oxygens (including phenoxy) is 1. The largest absolute Gasteiger partial charge is 0.435 e. The van der Waals surface area contributed by atoms with Crippen LogP contribution >= 0.6 is 0 Å². The summed E-state index contributed by atoms with van der Waals surface area (Å²) >= 11 is 0. The van der Waals surface area contributed by atoms with Crippen molar-refractivity contribution < 1.29 is 23.1 Å². The summed E-state index contributed by atoms with van der Waals surface area (Å²) in [4.78, 5) is 28.5. The van der Waals surface area contributed by atoms with E-state index in [0.29, 0.717) is 18.7 Å². The molecule has 0 atom stereocenters. The van der Waals surface area contributed by atoms with Gasteiger partial charge >= 0.3 is 6.61 Å². The van der Waals surface area contributed by atoms with Gasteiger partial charge in [-0.3, -0.25) is 9.59 Å². The molecule has 1 saturated heterocycles. The smallest absolute Gasteiger partial charge is 0.387 e. The number of anilines is 1. The highest BCUT2D eigenvalue weighted by Gasteiger charge is 2.21. The molecule has 0 aromatic heterocycles. The Labute approximate surface area is 174 Å². The van der Waals surface area contributed by atoms with Crippen LogP contribution in [0.2, 0.25) is 0 Å². The number of carbonyl (C=O) groups excluding carboxylic acids is 2. The first-order valence-electron chi connectivity index (χ1n) is 9.89. The van der Waals surface area contributed by atoms with Crippen molar-refractivity contribution in [2.75, 3.05) is 37.6 Å². The molecule has 0 spiro atoms. The van der Waals surface area contributed by atoms with Crippen LogP contribution in [0, 0.1) is 0 Å².